The van der Waals surface area contributed by atoms with Crippen LogP contribution in [0.4, 0.5) is 0 Å². The normalized spacial score (nSPS) is 13.4. The number of carbonyl (C=O) groups is 1. The van der Waals surface area contributed by atoms with Crippen LogP contribution in [0.5, 0.6) is 0 Å². The molecule has 0 aliphatic carbocycles. The summed E-state index contributed by atoms with van der Waals surface area (Å²) in [5.74, 6) is 1.01. The van der Waals surface area contributed by atoms with Crippen molar-refractivity contribution in [2.24, 2.45) is 5.41 Å². The summed E-state index contributed by atoms with van der Waals surface area (Å²) in [5, 5.41) is 6.03. The highest BCUT2D eigenvalue weighted by molar-refractivity contribution is 5.81. The van der Waals surface area contributed by atoms with Crippen LogP contribution in [-0.4, -0.2) is 25.5 Å². The Bertz CT molecular complexity index is 344. The molecule has 0 aromatic carbocycles. The van der Waals surface area contributed by atoms with E-state index in [2.05, 4.69) is 17.6 Å². The fourth-order valence-electron chi connectivity index (χ4n) is 1.65. The zero-order chi connectivity index (χ0) is 12.9. The topological polar surface area (TPSA) is 54.3 Å². The monoisotopic (exact) mass is 238 g/mol. The van der Waals surface area contributed by atoms with Gasteiger partial charge in [-0.05, 0) is 32.9 Å². The second kappa shape index (κ2) is 5.87. The first-order valence-corrected chi connectivity index (χ1v) is 5.93. The summed E-state index contributed by atoms with van der Waals surface area (Å²) < 4.78 is 5.29. The van der Waals surface area contributed by atoms with Crippen molar-refractivity contribution in [2.75, 3.05) is 13.6 Å². The standard InChI is InChI=1S/C13H22N2O2/c1-10(8-11-6-5-7-17-11)15-9-13(2,3)12(16)14-4/h5-7,10,15H,8-9H2,1-4H3,(H,14,16). The zero-order valence-electron chi connectivity index (χ0n) is 11.0. The Kier molecular flexibility index (Phi) is 4.75. The van der Waals surface area contributed by atoms with E-state index in [0.29, 0.717) is 6.54 Å². The summed E-state index contributed by atoms with van der Waals surface area (Å²) in [6.45, 7) is 6.59. The van der Waals surface area contributed by atoms with E-state index in [4.69, 9.17) is 4.42 Å². The number of amides is 1. The lowest BCUT2D eigenvalue weighted by Crippen LogP contribution is -2.44. The molecule has 1 aromatic heterocycles. The molecule has 0 saturated carbocycles. The molecule has 0 radical (unpaired) electrons. The number of nitrogens with one attached hydrogen (secondary N) is 2. The van der Waals surface area contributed by atoms with Crippen molar-refractivity contribution in [3.05, 3.63) is 24.2 Å². The van der Waals surface area contributed by atoms with Crippen LogP contribution in [-0.2, 0) is 11.2 Å². The largest absolute Gasteiger partial charge is 0.469 e. The van der Waals surface area contributed by atoms with Crippen molar-refractivity contribution in [1.82, 2.24) is 10.6 Å². The van der Waals surface area contributed by atoms with Gasteiger partial charge in [-0.1, -0.05) is 0 Å². The van der Waals surface area contributed by atoms with Crippen LogP contribution < -0.4 is 10.6 Å². The first-order valence-electron chi connectivity index (χ1n) is 5.93. The van der Waals surface area contributed by atoms with Gasteiger partial charge in [0.2, 0.25) is 5.91 Å². The van der Waals surface area contributed by atoms with Crippen LogP contribution in [0.1, 0.15) is 26.5 Å². The van der Waals surface area contributed by atoms with Gasteiger partial charge in [0.25, 0.3) is 0 Å². The van der Waals surface area contributed by atoms with Gasteiger partial charge in [0.1, 0.15) is 5.76 Å². The highest BCUT2D eigenvalue weighted by Gasteiger charge is 2.26. The Morgan fingerprint density at radius 3 is 2.76 bits per heavy atom. The fourth-order valence-corrected chi connectivity index (χ4v) is 1.65. The second-order valence-electron chi connectivity index (χ2n) is 5.03. The maximum absolute atomic E-state index is 11.6. The molecule has 96 valence electrons. The fraction of sp³-hybridized carbons (Fsp3) is 0.615. The molecular formula is C13H22N2O2. The second-order valence-corrected chi connectivity index (χ2v) is 5.03. The molecule has 0 fully saturated rings. The van der Waals surface area contributed by atoms with Crippen molar-refractivity contribution in [2.45, 2.75) is 33.2 Å². The average molecular weight is 238 g/mol. The third-order valence-electron chi connectivity index (χ3n) is 2.82. The number of hydrogen-bond acceptors (Lipinski definition) is 3. The van der Waals surface area contributed by atoms with Crippen LogP contribution in [0.3, 0.4) is 0 Å². The molecule has 1 amide bonds. The molecule has 1 atom stereocenters. The van der Waals surface area contributed by atoms with Gasteiger partial charge in [-0.15, -0.1) is 0 Å². The van der Waals surface area contributed by atoms with Crippen LogP contribution >= 0.6 is 0 Å². The summed E-state index contributed by atoms with van der Waals surface area (Å²) in [5.41, 5.74) is -0.397. The van der Waals surface area contributed by atoms with Crippen molar-refractivity contribution in [1.29, 1.82) is 0 Å². The van der Waals surface area contributed by atoms with Crippen LogP contribution in [0, 0.1) is 5.41 Å². The number of rotatable bonds is 6. The lowest BCUT2D eigenvalue weighted by molar-refractivity contribution is -0.128. The van der Waals surface area contributed by atoms with Crippen LogP contribution in [0.25, 0.3) is 0 Å². The molecule has 2 N–H and O–H groups in total. The Morgan fingerprint density at radius 1 is 1.53 bits per heavy atom. The minimum Gasteiger partial charge on any atom is -0.469 e. The lowest BCUT2D eigenvalue weighted by Gasteiger charge is -2.25. The maximum atomic E-state index is 11.6. The third-order valence-corrected chi connectivity index (χ3v) is 2.82. The molecule has 4 heteroatoms. The highest BCUT2D eigenvalue weighted by atomic mass is 16.3. The van der Waals surface area contributed by atoms with Gasteiger partial charge < -0.3 is 15.1 Å². The first-order chi connectivity index (χ1) is 7.95. The smallest absolute Gasteiger partial charge is 0.226 e. The summed E-state index contributed by atoms with van der Waals surface area (Å²) >= 11 is 0. The number of furan rings is 1. The molecular weight excluding hydrogens is 216 g/mol. The van der Waals surface area contributed by atoms with Gasteiger partial charge in [-0.25, -0.2) is 0 Å². The highest BCUT2D eigenvalue weighted by Crippen LogP contribution is 2.14. The SMILES string of the molecule is CNC(=O)C(C)(C)CNC(C)Cc1ccco1. The first kappa shape index (κ1) is 13.8. The molecule has 0 saturated heterocycles. The summed E-state index contributed by atoms with van der Waals surface area (Å²) in [7, 11) is 1.66. The van der Waals surface area contributed by atoms with E-state index >= 15 is 0 Å². The van der Waals surface area contributed by atoms with E-state index in [9.17, 15) is 4.79 Å². The quantitative estimate of drug-likeness (QED) is 0.791. The Morgan fingerprint density at radius 2 is 2.24 bits per heavy atom. The Labute approximate surface area is 103 Å². The third kappa shape index (κ3) is 4.23. The molecule has 1 rings (SSSR count). The van der Waals surface area contributed by atoms with Crippen molar-refractivity contribution in [3.8, 4) is 0 Å². The molecule has 0 aliphatic rings. The van der Waals surface area contributed by atoms with E-state index in [1.807, 2.05) is 26.0 Å². The van der Waals surface area contributed by atoms with Crippen molar-refractivity contribution >= 4 is 5.91 Å². The molecule has 1 unspecified atom stereocenters. The van der Waals surface area contributed by atoms with E-state index in [0.717, 1.165) is 12.2 Å². The van der Waals surface area contributed by atoms with Gasteiger partial charge in [-0.3, -0.25) is 4.79 Å². The van der Waals surface area contributed by atoms with Gasteiger partial charge >= 0.3 is 0 Å². The Balaban J connectivity index is 2.37. The molecule has 17 heavy (non-hydrogen) atoms. The van der Waals surface area contributed by atoms with Crippen LogP contribution in [0.2, 0.25) is 0 Å². The van der Waals surface area contributed by atoms with Gasteiger partial charge in [0.15, 0.2) is 0 Å². The van der Waals surface area contributed by atoms with E-state index in [-0.39, 0.29) is 11.9 Å². The van der Waals surface area contributed by atoms with Gasteiger partial charge in [0.05, 0.1) is 11.7 Å². The summed E-state index contributed by atoms with van der Waals surface area (Å²) in [4.78, 5) is 11.6. The minimum atomic E-state index is -0.397. The molecule has 1 aromatic rings. The summed E-state index contributed by atoms with van der Waals surface area (Å²) in [6.07, 6.45) is 2.51. The predicted octanol–water partition coefficient (Wildman–Crippen LogP) is 1.57. The molecule has 1 heterocycles. The maximum Gasteiger partial charge on any atom is 0.226 e. The van der Waals surface area contributed by atoms with Crippen molar-refractivity contribution < 1.29 is 9.21 Å². The summed E-state index contributed by atoms with van der Waals surface area (Å²) in [6, 6.07) is 4.13. The molecule has 0 aliphatic heterocycles. The van der Waals surface area contributed by atoms with Crippen LogP contribution in [0.15, 0.2) is 22.8 Å². The van der Waals surface area contributed by atoms with E-state index < -0.39 is 5.41 Å². The molecule has 0 bridgehead atoms. The van der Waals surface area contributed by atoms with Gasteiger partial charge in [-0.2, -0.15) is 0 Å². The zero-order valence-corrected chi connectivity index (χ0v) is 11.0. The predicted molar refractivity (Wildman–Crippen MR) is 67.7 cm³/mol. The number of hydrogen-bond donors (Lipinski definition) is 2. The number of carbonyl (C=O) groups excluding carboxylic acids is 1. The Hall–Kier alpha value is -1.29. The lowest BCUT2D eigenvalue weighted by atomic mass is 9.92. The van der Waals surface area contributed by atoms with Crippen molar-refractivity contribution in [3.63, 3.8) is 0 Å². The van der Waals surface area contributed by atoms with Gasteiger partial charge in [0, 0.05) is 26.1 Å². The average Bonchev–Trinajstić information content (AvgIpc) is 2.78. The molecule has 4 nitrogen and oxygen atoms in total. The minimum absolute atomic E-state index is 0.0511. The molecule has 0 spiro atoms. The van der Waals surface area contributed by atoms with E-state index in [1.54, 1.807) is 13.3 Å². The van der Waals surface area contributed by atoms with E-state index in [1.165, 1.54) is 0 Å².